The summed E-state index contributed by atoms with van der Waals surface area (Å²) in [6, 6.07) is 18.6. The second-order valence-corrected chi connectivity index (χ2v) is 13.2. The number of amidine groups is 1. The molecular weight excluding hydrogens is 646 g/mol. The highest BCUT2D eigenvalue weighted by molar-refractivity contribution is 6.02. The fourth-order valence-electron chi connectivity index (χ4n) is 7.33. The summed E-state index contributed by atoms with van der Waals surface area (Å²) in [6.07, 6.45) is 5.30. The Labute approximate surface area is 299 Å². The number of carbonyl (C=O) groups is 1. The van der Waals surface area contributed by atoms with E-state index in [4.69, 9.17) is 26.0 Å². The van der Waals surface area contributed by atoms with Crippen LogP contribution in [0.4, 0.5) is 17.1 Å². The SMILES string of the molecule is C=CC(=O)Nc1cc(N/C(=C/C(N)=N[C@H](CCO)c2cccc3ccccc23)NN)c(OC)cc1N1CCC(N2CCN(C3COC3)CC2)CC1. The number of nitrogens with one attached hydrogen (secondary N) is 3. The lowest BCUT2D eigenvalue weighted by Gasteiger charge is -2.46. The number of anilines is 3. The molecule has 3 heterocycles. The zero-order valence-electron chi connectivity index (χ0n) is 29.4. The number of hydrogen-bond donors (Lipinski definition) is 6. The van der Waals surface area contributed by atoms with E-state index >= 15 is 0 Å². The van der Waals surface area contributed by atoms with Crippen LogP contribution in [0.3, 0.4) is 0 Å². The van der Waals surface area contributed by atoms with Gasteiger partial charge in [-0.05, 0) is 47.7 Å². The second kappa shape index (κ2) is 17.0. The number of hydrogen-bond acceptors (Lipinski definition) is 11. The van der Waals surface area contributed by atoms with Crippen LogP contribution in [0.5, 0.6) is 5.75 Å². The molecule has 0 radical (unpaired) electrons. The van der Waals surface area contributed by atoms with E-state index in [1.165, 1.54) is 6.08 Å². The number of amides is 1. The Morgan fingerprint density at radius 3 is 2.37 bits per heavy atom. The van der Waals surface area contributed by atoms with Crippen LogP contribution in [-0.4, -0.2) is 105 Å². The smallest absolute Gasteiger partial charge is 0.247 e. The summed E-state index contributed by atoms with van der Waals surface area (Å²) >= 11 is 0. The van der Waals surface area contributed by atoms with Crippen LogP contribution in [0, 0.1) is 0 Å². The average Bonchev–Trinajstić information content (AvgIpc) is 3.14. The minimum Gasteiger partial charge on any atom is -0.494 e. The van der Waals surface area contributed by atoms with Gasteiger partial charge in [-0.1, -0.05) is 49.0 Å². The average molecular weight is 698 g/mol. The van der Waals surface area contributed by atoms with Crippen molar-refractivity contribution in [2.45, 2.75) is 37.4 Å². The lowest BCUT2D eigenvalue weighted by Crippen LogP contribution is -2.59. The molecule has 3 aromatic rings. The summed E-state index contributed by atoms with van der Waals surface area (Å²) < 4.78 is 11.2. The van der Waals surface area contributed by atoms with Gasteiger partial charge in [0.2, 0.25) is 5.91 Å². The molecular formula is C38H51N9O4. The number of aliphatic hydroxyl groups is 1. The number of nitrogens with zero attached hydrogens (tertiary/aromatic N) is 4. The quantitative estimate of drug-likeness (QED) is 0.0482. The number of rotatable bonds is 14. The van der Waals surface area contributed by atoms with Crippen molar-refractivity contribution in [2.24, 2.45) is 16.6 Å². The largest absolute Gasteiger partial charge is 0.494 e. The fraction of sp³-hybridized carbons (Fsp3) is 0.421. The lowest BCUT2D eigenvalue weighted by atomic mass is 9.97. The van der Waals surface area contributed by atoms with Crippen molar-refractivity contribution in [2.75, 3.05) is 81.7 Å². The van der Waals surface area contributed by atoms with Crippen molar-refractivity contribution in [1.29, 1.82) is 0 Å². The maximum absolute atomic E-state index is 12.6. The maximum atomic E-state index is 12.6. The lowest BCUT2D eigenvalue weighted by molar-refractivity contribution is -0.111. The van der Waals surface area contributed by atoms with Crippen molar-refractivity contribution >= 4 is 39.6 Å². The predicted octanol–water partition coefficient (Wildman–Crippen LogP) is 3.16. The Morgan fingerprint density at radius 1 is 1.02 bits per heavy atom. The Morgan fingerprint density at radius 2 is 1.73 bits per heavy atom. The monoisotopic (exact) mass is 697 g/mol. The maximum Gasteiger partial charge on any atom is 0.247 e. The van der Waals surface area contributed by atoms with Crippen LogP contribution in [-0.2, 0) is 9.53 Å². The van der Waals surface area contributed by atoms with Crippen molar-refractivity contribution < 1.29 is 19.4 Å². The number of carbonyl (C=O) groups excluding carboxylic acids is 1. The third-order valence-electron chi connectivity index (χ3n) is 10.2. The molecule has 3 aliphatic heterocycles. The van der Waals surface area contributed by atoms with Gasteiger partial charge in [-0.25, -0.2) is 5.84 Å². The van der Waals surface area contributed by atoms with Gasteiger partial charge in [0, 0.05) is 64.1 Å². The van der Waals surface area contributed by atoms with E-state index in [0.717, 1.165) is 87.3 Å². The van der Waals surface area contributed by atoms with Crippen molar-refractivity contribution in [3.05, 3.63) is 84.7 Å². The molecule has 0 spiro atoms. The van der Waals surface area contributed by atoms with E-state index in [1.807, 2.05) is 54.6 Å². The van der Waals surface area contributed by atoms with Gasteiger partial charge in [-0.2, -0.15) is 0 Å². The van der Waals surface area contributed by atoms with Gasteiger partial charge in [0.15, 0.2) is 0 Å². The minimum absolute atomic E-state index is 0.0530. The molecule has 13 nitrogen and oxygen atoms in total. The highest BCUT2D eigenvalue weighted by atomic mass is 16.5. The van der Waals surface area contributed by atoms with E-state index in [0.29, 0.717) is 41.4 Å². The van der Waals surface area contributed by atoms with Crippen molar-refractivity contribution in [3.8, 4) is 5.75 Å². The normalized spacial score (nSPS) is 19.0. The first-order valence-electron chi connectivity index (χ1n) is 17.7. The summed E-state index contributed by atoms with van der Waals surface area (Å²) in [7, 11) is 1.60. The molecule has 1 amide bonds. The molecule has 1 atom stereocenters. The minimum atomic E-state index is -0.373. The summed E-state index contributed by atoms with van der Waals surface area (Å²) in [5, 5.41) is 18.3. The number of aliphatic imine (C=N–C) groups is 1. The van der Waals surface area contributed by atoms with Crippen LogP contribution >= 0.6 is 0 Å². The zero-order valence-corrected chi connectivity index (χ0v) is 29.4. The zero-order chi connectivity index (χ0) is 35.7. The van der Waals surface area contributed by atoms with E-state index in [9.17, 15) is 9.90 Å². The number of methoxy groups -OCH3 is 1. The van der Waals surface area contributed by atoms with Gasteiger partial charge in [0.1, 0.15) is 17.4 Å². The number of piperidine rings is 1. The molecule has 3 fully saturated rings. The Bertz CT molecular complexity index is 1720. The summed E-state index contributed by atoms with van der Waals surface area (Å²) in [5.74, 6) is 6.76. The van der Waals surface area contributed by atoms with E-state index in [1.54, 1.807) is 13.2 Å². The highest BCUT2D eigenvalue weighted by Gasteiger charge is 2.33. The van der Waals surface area contributed by atoms with Crippen molar-refractivity contribution in [1.82, 2.24) is 15.2 Å². The van der Waals surface area contributed by atoms with E-state index < -0.39 is 0 Å². The Kier molecular flexibility index (Phi) is 12.1. The van der Waals surface area contributed by atoms with Gasteiger partial charge < -0.3 is 41.3 Å². The van der Waals surface area contributed by atoms with E-state index in [-0.39, 0.29) is 24.4 Å². The first kappa shape index (κ1) is 36.1. The van der Waals surface area contributed by atoms with Gasteiger partial charge in [-0.3, -0.25) is 19.6 Å². The number of nitrogens with two attached hydrogens (primary N) is 2. The van der Waals surface area contributed by atoms with Gasteiger partial charge in [0.25, 0.3) is 0 Å². The van der Waals surface area contributed by atoms with Gasteiger partial charge in [0.05, 0.1) is 49.5 Å². The van der Waals surface area contributed by atoms with Crippen LogP contribution in [0.1, 0.15) is 30.9 Å². The molecule has 272 valence electrons. The molecule has 0 unspecified atom stereocenters. The number of fused-ring (bicyclic) bond motifs is 1. The molecule has 13 heteroatoms. The van der Waals surface area contributed by atoms with Gasteiger partial charge in [-0.15, -0.1) is 0 Å². The first-order valence-corrected chi connectivity index (χ1v) is 17.7. The highest BCUT2D eigenvalue weighted by Crippen LogP contribution is 2.39. The molecule has 3 aliphatic rings. The third kappa shape index (κ3) is 8.63. The summed E-state index contributed by atoms with van der Waals surface area (Å²) in [6.45, 7) is 11.4. The van der Waals surface area contributed by atoms with Crippen molar-refractivity contribution in [3.63, 3.8) is 0 Å². The molecule has 6 rings (SSSR count). The Hall–Kier alpha value is -4.66. The molecule has 0 aliphatic carbocycles. The molecule has 3 aromatic carbocycles. The first-order chi connectivity index (χ1) is 24.9. The predicted molar refractivity (Wildman–Crippen MR) is 204 cm³/mol. The molecule has 51 heavy (non-hydrogen) atoms. The van der Waals surface area contributed by atoms with Crippen LogP contribution < -0.4 is 37.3 Å². The standard InChI is InChI=1S/C38H51N9O4/c1-3-38(49)43-32-21-33(42-37(44-40)23-36(39)41-31(13-20-48)30-10-6-8-26-7-4-5-9-29(26)30)35(50-2)22-34(32)47-14-11-27(12-15-47)45-16-18-46(19-17-45)28-24-51-25-28/h3-10,21-23,27-28,31,42,44,48H,1,11-20,24-25,40H2,2H3,(H2,39,41)(H,43,49)/b37-23-/t31-/m1/s1. The van der Waals surface area contributed by atoms with Crippen LogP contribution in [0.25, 0.3) is 10.8 Å². The molecule has 0 bridgehead atoms. The topological polar surface area (TPSA) is 166 Å². The van der Waals surface area contributed by atoms with Crippen LogP contribution in [0.2, 0.25) is 0 Å². The second-order valence-electron chi connectivity index (χ2n) is 13.2. The number of benzene rings is 3. The van der Waals surface area contributed by atoms with Gasteiger partial charge >= 0.3 is 0 Å². The number of hydrazine groups is 1. The fourth-order valence-corrected chi connectivity index (χ4v) is 7.33. The summed E-state index contributed by atoms with van der Waals surface area (Å²) in [4.78, 5) is 24.9. The number of ether oxygens (including phenoxy) is 2. The Balaban J connectivity index is 1.19. The third-order valence-corrected chi connectivity index (χ3v) is 10.2. The molecule has 0 saturated carbocycles. The summed E-state index contributed by atoms with van der Waals surface area (Å²) in [5.41, 5.74) is 12.1. The number of piperazine rings is 1. The molecule has 3 saturated heterocycles. The van der Waals surface area contributed by atoms with E-state index in [2.05, 4.69) is 37.3 Å². The van der Waals surface area contributed by atoms with Crippen LogP contribution in [0.15, 0.2) is 84.1 Å². The molecule has 0 aromatic heterocycles. The number of aliphatic hydroxyl groups excluding tert-OH is 1. The molecule has 8 N–H and O–H groups in total.